The summed E-state index contributed by atoms with van der Waals surface area (Å²) in [6, 6.07) is 2.60. The molecule has 2 heterocycles. The molecule has 0 spiro atoms. The van der Waals surface area contributed by atoms with Crippen molar-refractivity contribution in [3.63, 3.8) is 0 Å². The van der Waals surface area contributed by atoms with Gasteiger partial charge in [-0.05, 0) is 45.6 Å². The van der Waals surface area contributed by atoms with Gasteiger partial charge in [0.2, 0.25) is 5.91 Å². The molecule has 2 amide bonds. The van der Waals surface area contributed by atoms with Crippen LogP contribution in [0.5, 0.6) is 0 Å². The Labute approximate surface area is 125 Å². The molecular formula is C16H23N3O2. The van der Waals surface area contributed by atoms with Gasteiger partial charge in [-0.25, -0.2) is 0 Å². The Morgan fingerprint density at radius 2 is 1.76 bits per heavy atom. The van der Waals surface area contributed by atoms with Crippen LogP contribution in [-0.2, 0) is 4.79 Å². The maximum absolute atomic E-state index is 12.7. The summed E-state index contributed by atoms with van der Waals surface area (Å²) < 4.78 is 2.30. The van der Waals surface area contributed by atoms with Crippen LogP contribution in [-0.4, -0.2) is 34.4 Å². The Kier molecular flexibility index (Phi) is 3.51. The molecule has 0 bridgehead atoms. The van der Waals surface area contributed by atoms with Crippen LogP contribution in [0.2, 0.25) is 0 Å². The van der Waals surface area contributed by atoms with Crippen LogP contribution in [0.15, 0.2) is 6.07 Å². The number of nitrogens with two attached hydrogens (primary N) is 1. The van der Waals surface area contributed by atoms with Crippen molar-refractivity contribution in [1.29, 1.82) is 0 Å². The number of primary amides is 1. The van der Waals surface area contributed by atoms with Gasteiger partial charge in [-0.3, -0.25) is 9.59 Å². The van der Waals surface area contributed by atoms with E-state index in [4.69, 9.17) is 5.73 Å². The molecule has 1 aliphatic carbocycles. The molecule has 1 aliphatic heterocycles. The summed E-state index contributed by atoms with van der Waals surface area (Å²) in [5.41, 5.74) is 8.41. The highest BCUT2D eigenvalue weighted by atomic mass is 16.2. The number of piperidine rings is 1. The first-order valence-corrected chi connectivity index (χ1v) is 7.76. The second-order valence-corrected chi connectivity index (χ2v) is 6.35. The molecule has 3 rings (SSSR count). The number of likely N-dealkylation sites (tertiary alicyclic amines) is 1. The molecule has 2 aliphatic rings. The number of carbonyl (C=O) groups excluding carboxylic acids is 2. The van der Waals surface area contributed by atoms with Crippen molar-refractivity contribution in [3.8, 4) is 0 Å². The predicted molar refractivity (Wildman–Crippen MR) is 80.0 cm³/mol. The fourth-order valence-electron chi connectivity index (χ4n) is 3.43. The van der Waals surface area contributed by atoms with Gasteiger partial charge in [-0.1, -0.05) is 0 Å². The van der Waals surface area contributed by atoms with Crippen LogP contribution in [0.1, 0.15) is 53.5 Å². The minimum Gasteiger partial charge on any atom is -0.369 e. The summed E-state index contributed by atoms with van der Waals surface area (Å²) in [6.07, 6.45) is 3.80. The lowest BCUT2D eigenvalue weighted by atomic mass is 9.96. The first kappa shape index (κ1) is 14.2. The Hall–Kier alpha value is -1.78. The average molecular weight is 289 g/mol. The summed E-state index contributed by atoms with van der Waals surface area (Å²) in [5, 5.41) is 0. The smallest absolute Gasteiger partial charge is 0.255 e. The zero-order valence-corrected chi connectivity index (χ0v) is 12.8. The lowest BCUT2D eigenvalue weighted by Crippen LogP contribution is -2.41. The Bertz CT molecular complexity index is 579. The number of amides is 2. The van der Waals surface area contributed by atoms with Gasteiger partial charge in [-0.15, -0.1) is 0 Å². The van der Waals surface area contributed by atoms with Gasteiger partial charge in [0.1, 0.15) is 0 Å². The van der Waals surface area contributed by atoms with Gasteiger partial charge >= 0.3 is 0 Å². The van der Waals surface area contributed by atoms with Crippen molar-refractivity contribution < 1.29 is 9.59 Å². The molecule has 0 aromatic carbocycles. The van der Waals surface area contributed by atoms with Crippen LogP contribution < -0.4 is 5.73 Å². The number of hydrogen-bond acceptors (Lipinski definition) is 2. The fraction of sp³-hybridized carbons (Fsp3) is 0.625. The molecule has 1 saturated carbocycles. The maximum Gasteiger partial charge on any atom is 0.255 e. The van der Waals surface area contributed by atoms with Gasteiger partial charge in [0.15, 0.2) is 0 Å². The number of nitrogens with zero attached hydrogens (tertiary/aromatic N) is 2. The topological polar surface area (TPSA) is 68.3 Å². The molecule has 0 unspecified atom stereocenters. The second kappa shape index (κ2) is 5.20. The van der Waals surface area contributed by atoms with E-state index < -0.39 is 0 Å². The van der Waals surface area contributed by atoms with Crippen molar-refractivity contribution in [2.75, 3.05) is 13.1 Å². The van der Waals surface area contributed by atoms with Crippen LogP contribution in [0.3, 0.4) is 0 Å². The van der Waals surface area contributed by atoms with E-state index in [0.717, 1.165) is 11.3 Å². The molecule has 21 heavy (non-hydrogen) atoms. The molecule has 2 fully saturated rings. The van der Waals surface area contributed by atoms with E-state index in [9.17, 15) is 9.59 Å². The van der Waals surface area contributed by atoms with Gasteiger partial charge in [-0.2, -0.15) is 0 Å². The third-order valence-corrected chi connectivity index (χ3v) is 4.81. The van der Waals surface area contributed by atoms with Crippen molar-refractivity contribution in [3.05, 3.63) is 23.0 Å². The summed E-state index contributed by atoms with van der Waals surface area (Å²) in [4.78, 5) is 25.8. The number of rotatable bonds is 3. The first-order valence-electron chi connectivity index (χ1n) is 7.76. The molecule has 1 aromatic rings. The minimum absolute atomic E-state index is 0.0760. The predicted octanol–water partition coefficient (Wildman–Crippen LogP) is 1.78. The zero-order valence-electron chi connectivity index (χ0n) is 12.8. The molecule has 5 nitrogen and oxygen atoms in total. The summed E-state index contributed by atoms with van der Waals surface area (Å²) >= 11 is 0. The fourth-order valence-corrected chi connectivity index (χ4v) is 3.43. The lowest BCUT2D eigenvalue weighted by molar-refractivity contribution is -0.123. The highest BCUT2D eigenvalue weighted by molar-refractivity contribution is 5.96. The van der Waals surface area contributed by atoms with Crippen molar-refractivity contribution in [1.82, 2.24) is 9.47 Å². The van der Waals surface area contributed by atoms with Gasteiger partial charge in [0, 0.05) is 36.4 Å². The van der Waals surface area contributed by atoms with Crippen molar-refractivity contribution in [2.24, 2.45) is 11.7 Å². The normalized spacial score (nSPS) is 19.8. The lowest BCUT2D eigenvalue weighted by Gasteiger charge is -2.30. The molecule has 114 valence electrons. The van der Waals surface area contributed by atoms with E-state index in [2.05, 4.69) is 11.5 Å². The molecule has 1 aromatic heterocycles. The summed E-state index contributed by atoms with van der Waals surface area (Å²) in [6.45, 7) is 5.36. The average Bonchev–Trinajstić information content (AvgIpc) is 3.24. The monoisotopic (exact) mass is 289 g/mol. The standard InChI is InChI=1S/C16H23N3O2/c1-10-9-14(11(2)19(10)13-3-4-13)16(21)18-7-5-12(6-8-18)15(17)20/h9,12-13H,3-8H2,1-2H3,(H2,17,20). The van der Waals surface area contributed by atoms with Crippen LogP contribution in [0.4, 0.5) is 0 Å². The van der Waals surface area contributed by atoms with E-state index in [1.807, 2.05) is 17.9 Å². The van der Waals surface area contributed by atoms with Crippen LogP contribution in [0, 0.1) is 19.8 Å². The molecule has 2 N–H and O–H groups in total. The van der Waals surface area contributed by atoms with E-state index in [1.54, 1.807) is 0 Å². The van der Waals surface area contributed by atoms with Gasteiger partial charge < -0.3 is 15.2 Å². The number of hydrogen-bond donors (Lipinski definition) is 1. The second-order valence-electron chi connectivity index (χ2n) is 6.35. The highest BCUT2D eigenvalue weighted by Gasteiger charge is 2.31. The molecule has 1 saturated heterocycles. The minimum atomic E-state index is -0.242. The third kappa shape index (κ3) is 2.57. The zero-order chi connectivity index (χ0) is 15.1. The molecule has 0 radical (unpaired) electrons. The van der Waals surface area contributed by atoms with Gasteiger partial charge in [0.05, 0.1) is 5.56 Å². The molecular weight excluding hydrogens is 266 g/mol. The number of aromatic nitrogens is 1. The van der Waals surface area contributed by atoms with E-state index in [1.165, 1.54) is 18.5 Å². The first-order chi connectivity index (χ1) is 9.99. The van der Waals surface area contributed by atoms with Crippen LogP contribution >= 0.6 is 0 Å². The third-order valence-electron chi connectivity index (χ3n) is 4.81. The Balaban J connectivity index is 1.74. The Morgan fingerprint density at radius 1 is 1.14 bits per heavy atom. The van der Waals surface area contributed by atoms with E-state index >= 15 is 0 Å². The quantitative estimate of drug-likeness (QED) is 0.921. The SMILES string of the molecule is Cc1cc(C(=O)N2CCC(C(N)=O)CC2)c(C)n1C1CC1. The molecule has 0 atom stereocenters. The number of aryl methyl sites for hydroxylation is 1. The van der Waals surface area contributed by atoms with Gasteiger partial charge in [0.25, 0.3) is 5.91 Å². The highest BCUT2D eigenvalue weighted by Crippen LogP contribution is 2.38. The Morgan fingerprint density at radius 3 is 2.29 bits per heavy atom. The van der Waals surface area contributed by atoms with E-state index in [-0.39, 0.29) is 17.7 Å². The largest absolute Gasteiger partial charge is 0.369 e. The van der Waals surface area contributed by atoms with Crippen molar-refractivity contribution >= 4 is 11.8 Å². The van der Waals surface area contributed by atoms with E-state index in [0.29, 0.717) is 32.0 Å². The maximum atomic E-state index is 12.7. The van der Waals surface area contributed by atoms with Crippen LogP contribution in [0.25, 0.3) is 0 Å². The summed E-state index contributed by atoms with van der Waals surface area (Å²) in [7, 11) is 0. The number of carbonyl (C=O) groups is 2. The molecule has 5 heteroatoms. The van der Waals surface area contributed by atoms with Crippen molar-refractivity contribution in [2.45, 2.75) is 45.6 Å². The summed E-state index contributed by atoms with van der Waals surface area (Å²) in [5.74, 6) is -0.222.